The van der Waals surface area contributed by atoms with E-state index in [1.807, 2.05) is 0 Å². The minimum absolute atomic E-state index is 0.0462. The molecular weight excluding hydrogens is 283 g/mol. The standard InChI is InChI=1S/C14H6F3N3O/c1-18-10-4-7(2-3-8(10)15)21-14-9(16)5-11-13(12(14)17)20-6-19-11/h2-6H,(H,19,20). The van der Waals surface area contributed by atoms with Gasteiger partial charge in [0.05, 0.1) is 18.4 Å². The molecule has 0 saturated carbocycles. The maximum atomic E-state index is 14.1. The third-order valence-corrected chi connectivity index (χ3v) is 2.82. The molecule has 0 fully saturated rings. The second-order valence-corrected chi connectivity index (χ2v) is 4.13. The van der Waals surface area contributed by atoms with Crippen LogP contribution < -0.4 is 4.74 Å². The van der Waals surface area contributed by atoms with E-state index in [0.717, 1.165) is 18.2 Å². The fourth-order valence-corrected chi connectivity index (χ4v) is 1.85. The molecule has 0 unspecified atom stereocenters. The molecule has 0 atom stereocenters. The largest absolute Gasteiger partial charge is 0.452 e. The number of nitrogens with one attached hydrogen (secondary N) is 1. The minimum Gasteiger partial charge on any atom is -0.452 e. The van der Waals surface area contributed by atoms with Gasteiger partial charge in [-0.3, -0.25) is 0 Å². The number of hydrogen-bond acceptors (Lipinski definition) is 2. The lowest BCUT2D eigenvalue weighted by atomic mass is 10.2. The molecule has 21 heavy (non-hydrogen) atoms. The zero-order chi connectivity index (χ0) is 15.0. The zero-order valence-corrected chi connectivity index (χ0v) is 10.3. The van der Waals surface area contributed by atoms with Gasteiger partial charge >= 0.3 is 0 Å². The van der Waals surface area contributed by atoms with Crippen LogP contribution in [0.4, 0.5) is 18.9 Å². The van der Waals surface area contributed by atoms with Gasteiger partial charge in [0.15, 0.2) is 11.6 Å². The lowest BCUT2D eigenvalue weighted by molar-refractivity contribution is 0.410. The second-order valence-electron chi connectivity index (χ2n) is 4.13. The number of ether oxygens (including phenoxy) is 1. The normalized spacial score (nSPS) is 10.6. The van der Waals surface area contributed by atoms with Crippen LogP contribution in [0.1, 0.15) is 0 Å². The summed E-state index contributed by atoms with van der Waals surface area (Å²) in [5.41, 5.74) is -0.175. The van der Waals surface area contributed by atoms with Gasteiger partial charge in [-0.05, 0) is 18.2 Å². The number of halogens is 3. The van der Waals surface area contributed by atoms with Gasteiger partial charge in [0, 0.05) is 6.07 Å². The Bertz CT molecular complexity index is 883. The molecule has 3 aromatic rings. The molecule has 0 radical (unpaired) electrons. The number of benzene rings is 2. The Hall–Kier alpha value is -3.01. The van der Waals surface area contributed by atoms with Gasteiger partial charge in [-0.2, -0.15) is 0 Å². The molecule has 1 aromatic heterocycles. The Morgan fingerprint density at radius 3 is 2.71 bits per heavy atom. The molecule has 0 aliphatic rings. The average molecular weight is 289 g/mol. The van der Waals surface area contributed by atoms with E-state index < -0.39 is 23.2 Å². The number of fused-ring (bicyclic) bond motifs is 1. The molecule has 4 nitrogen and oxygen atoms in total. The highest BCUT2D eigenvalue weighted by Gasteiger charge is 2.18. The summed E-state index contributed by atoms with van der Waals surface area (Å²) in [5.74, 6) is -3.34. The van der Waals surface area contributed by atoms with Crippen LogP contribution in [0, 0.1) is 24.0 Å². The maximum absolute atomic E-state index is 14.1. The van der Waals surface area contributed by atoms with Crippen LogP contribution in [0.25, 0.3) is 15.9 Å². The van der Waals surface area contributed by atoms with Crippen LogP contribution in [-0.4, -0.2) is 9.97 Å². The van der Waals surface area contributed by atoms with Gasteiger partial charge in [-0.25, -0.2) is 23.0 Å². The van der Waals surface area contributed by atoms with E-state index in [0.29, 0.717) is 0 Å². The summed E-state index contributed by atoms with van der Waals surface area (Å²) in [6.45, 7) is 6.80. The van der Waals surface area contributed by atoms with E-state index in [-0.39, 0.29) is 22.5 Å². The van der Waals surface area contributed by atoms with Crippen molar-refractivity contribution in [1.29, 1.82) is 0 Å². The van der Waals surface area contributed by atoms with Gasteiger partial charge < -0.3 is 9.72 Å². The van der Waals surface area contributed by atoms with E-state index in [2.05, 4.69) is 14.8 Å². The maximum Gasteiger partial charge on any atom is 0.225 e. The molecule has 0 aliphatic carbocycles. The molecular formula is C14H6F3N3O. The van der Waals surface area contributed by atoms with Crippen molar-refractivity contribution in [2.75, 3.05) is 0 Å². The molecule has 1 N–H and O–H groups in total. The van der Waals surface area contributed by atoms with Gasteiger partial charge in [-0.15, -0.1) is 0 Å². The first-order valence-electron chi connectivity index (χ1n) is 5.76. The molecule has 0 aliphatic heterocycles. The van der Waals surface area contributed by atoms with E-state index in [4.69, 9.17) is 11.3 Å². The highest BCUT2D eigenvalue weighted by molar-refractivity contribution is 5.77. The number of nitrogens with zero attached hydrogens (tertiary/aromatic N) is 2. The van der Waals surface area contributed by atoms with Gasteiger partial charge in [-0.1, -0.05) is 0 Å². The van der Waals surface area contributed by atoms with Gasteiger partial charge in [0.25, 0.3) is 0 Å². The molecule has 2 aromatic carbocycles. The van der Waals surface area contributed by atoms with E-state index in [9.17, 15) is 13.2 Å². The Labute approximate surface area is 116 Å². The van der Waals surface area contributed by atoms with E-state index in [1.165, 1.54) is 12.4 Å². The van der Waals surface area contributed by atoms with Crippen molar-refractivity contribution < 1.29 is 17.9 Å². The topological polar surface area (TPSA) is 42.3 Å². The van der Waals surface area contributed by atoms with Crippen LogP contribution in [0.2, 0.25) is 0 Å². The summed E-state index contributed by atoms with van der Waals surface area (Å²) in [5, 5.41) is 0. The summed E-state index contributed by atoms with van der Waals surface area (Å²) < 4.78 is 46.3. The Morgan fingerprint density at radius 1 is 1.14 bits per heavy atom. The summed E-state index contributed by atoms with van der Waals surface area (Å²) in [6.07, 6.45) is 1.23. The number of aromatic amines is 1. The number of H-pyrrole nitrogens is 1. The molecule has 0 saturated heterocycles. The summed E-state index contributed by atoms with van der Waals surface area (Å²) in [6, 6.07) is 4.28. The van der Waals surface area contributed by atoms with Gasteiger partial charge in [0.2, 0.25) is 11.4 Å². The van der Waals surface area contributed by atoms with E-state index in [1.54, 1.807) is 0 Å². The highest BCUT2D eigenvalue weighted by atomic mass is 19.1. The monoisotopic (exact) mass is 289 g/mol. The number of rotatable bonds is 2. The average Bonchev–Trinajstić information content (AvgIpc) is 2.93. The first kappa shape index (κ1) is 13.0. The smallest absolute Gasteiger partial charge is 0.225 e. The van der Waals surface area contributed by atoms with Crippen molar-refractivity contribution in [3.05, 3.63) is 59.5 Å². The Morgan fingerprint density at radius 2 is 1.95 bits per heavy atom. The van der Waals surface area contributed by atoms with Crippen LogP contribution in [0.5, 0.6) is 11.5 Å². The van der Waals surface area contributed by atoms with Gasteiger partial charge in [0.1, 0.15) is 17.1 Å². The second kappa shape index (κ2) is 4.83. The first-order valence-corrected chi connectivity index (χ1v) is 5.76. The van der Waals surface area contributed by atoms with Crippen molar-refractivity contribution in [1.82, 2.24) is 9.97 Å². The molecule has 1 heterocycles. The third-order valence-electron chi connectivity index (χ3n) is 2.82. The SMILES string of the molecule is [C-]#[N+]c1cc(Oc2c(F)cc3[nH]cnc3c2F)ccc1F. The third kappa shape index (κ3) is 2.17. The molecule has 0 amide bonds. The highest BCUT2D eigenvalue weighted by Crippen LogP contribution is 2.33. The molecule has 0 bridgehead atoms. The summed E-state index contributed by atoms with van der Waals surface area (Å²) in [4.78, 5) is 9.25. The van der Waals surface area contributed by atoms with Crippen LogP contribution in [0.15, 0.2) is 30.6 Å². The Balaban J connectivity index is 2.08. The molecule has 104 valence electrons. The Kier molecular flexibility index (Phi) is 2.99. The van der Waals surface area contributed by atoms with Crippen molar-refractivity contribution >= 4 is 16.7 Å². The predicted octanol–water partition coefficient (Wildman–Crippen LogP) is 4.32. The van der Waals surface area contributed by atoms with Crippen molar-refractivity contribution in [2.45, 2.75) is 0 Å². The fourth-order valence-electron chi connectivity index (χ4n) is 1.85. The lowest BCUT2D eigenvalue weighted by Gasteiger charge is -2.09. The lowest BCUT2D eigenvalue weighted by Crippen LogP contribution is -1.94. The number of aromatic nitrogens is 2. The minimum atomic E-state index is -0.972. The van der Waals surface area contributed by atoms with Crippen LogP contribution in [-0.2, 0) is 0 Å². The van der Waals surface area contributed by atoms with Crippen LogP contribution in [0.3, 0.4) is 0 Å². The number of imidazole rings is 1. The molecule has 0 spiro atoms. The summed E-state index contributed by atoms with van der Waals surface area (Å²) in [7, 11) is 0. The fraction of sp³-hybridized carbons (Fsp3) is 0. The van der Waals surface area contributed by atoms with Crippen LogP contribution >= 0.6 is 0 Å². The molecule has 7 heteroatoms. The quantitative estimate of drug-likeness (QED) is 0.714. The molecule has 3 rings (SSSR count). The van der Waals surface area contributed by atoms with Crippen molar-refractivity contribution in [2.24, 2.45) is 0 Å². The number of hydrogen-bond donors (Lipinski definition) is 1. The predicted molar refractivity (Wildman–Crippen MR) is 68.7 cm³/mol. The van der Waals surface area contributed by atoms with Crippen molar-refractivity contribution in [3.63, 3.8) is 0 Å². The first-order chi connectivity index (χ1) is 10.1. The van der Waals surface area contributed by atoms with E-state index >= 15 is 0 Å². The zero-order valence-electron chi connectivity index (χ0n) is 10.3. The summed E-state index contributed by atoms with van der Waals surface area (Å²) >= 11 is 0. The van der Waals surface area contributed by atoms with Crippen molar-refractivity contribution in [3.8, 4) is 11.5 Å².